The molecule has 0 N–H and O–H groups in total. The van der Waals surface area contributed by atoms with Crippen molar-refractivity contribution in [3.05, 3.63) is 101 Å². The van der Waals surface area contributed by atoms with Crippen molar-refractivity contribution in [3.63, 3.8) is 0 Å². The molecule has 184 valence electrons. The number of anilines is 1. The topological polar surface area (TPSA) is 60.9 Å². The molecule has 3 aromatic rings. The summed E-state index contributed by atoms with van der Waals surface area (Å²) in [5.41, 5.74) is 2.83. The number of hydrogen-bond donors (Lipinski definition) is 0. The van der Waals surface area contributed by atoms with E-state index in [9.17, 15) is 13.2 Å². The lowest BCUT2D eigenvalue weighted by atomic mass is 9.96. The van der Waals surface area contributed by atoms with Gasteiger partial charge in [0.1, 0.15) is 6.04 Å². The molecule has 8 heteroatoms. The van der Waals surface area contributed by atoms with Crippen LogP contribution in [0.2, 0.25) is 5.02 Å². The summed E-state index contributed by atoms with van der Waals surface area (Å²) in [4.78, 5) is 17.6. The highest BCUT2D eigenvalue weighted by Crippen LogP contribution is 2.30. The average Bonchev–Trinajstić information content (AvgIpc) is 2.86. The number of halogens is 1. The molecule has 0 saturated carbocycles. The van der Waals surface area contributed by atoms with Crippen LogP contribution >= 0.6 is 11.6 Å². The summed E-state index contributed by atoms with van der Waals surface area (Å²) >= 11 is 5.97. The maximum atomic E-state index is 13.4. The smallest absolute Gasteiger partial charge is 0.246 e. The maximum absolute atomic E-state index is 13.4. The van der Waals surface area contributed by atoms with Crippen LogP contribution in [0.15, 0.2) is 84.9 Å². The Hall–Kier alpha value is -2.87. The van der Waals surface area contributed by atoms with Gasteiger partial charge in [0.15, 0.2) is 0 Å². The van der Waals surface area contributed by atoms with Crippen molar-refractivity contribution in [1.29, 1.82) is 0 Å². The van der Waals surface area contributed by atoms with E-state index in [2.05, 4.69) is 29.2 Å². The molecule has 3 aromatic carbocycles. The highest BCUT2D eigenvalue weighted by atomic mass is 35.5. The molecular formula is C27H30ClN3O3S. The fourth-order valence-corrected chi connectivity index (χ4v) is 6.04. The second-order valence-corrected chi connectivity index (χ2v) is 11.1. The van der Waals surface area contributed by atoms with E-state index in [4.69, 9.17) is 11.6 Å². The fourth-order valence-electron chi connectivity index (χ4n) is 4.74. The average molecular weight is 512 g/mol. The van der Waals surface area contributed by atoms with Crippen LogP contribution in [0.5, 0.6) is 0 Å². The van der Waals surface area contributed by atoms with Crippen molar-refractivity contribution in [2.75, 3.05) is 36.7 Å². The predicted molar refractivity (Wildman–Crippen MR) is 141 cm³/mol. The molecule has 1 fully saturated rings. The second kappa shape index (κ2) is 10.8. The molecule has 0 aliphatic carbocycles. The van der Waals surface area contributed by atoms with E-state index in [0.29, 0.717) is 36.9 Å². The van der Waals surface area contributed by atoms with E-state index in [1.54, 1.807) is 36.1 Å². The normalized spacial score (nSPS) is 15.7. The molecule has 0 unspecified atom stereocenters. The van der Waals surface area contributed by atoms with Crippen LogP contribution in [0.25, 0.3) is 0 Å². The molecule has 0 bridgehead atoms. The second-order valence-electron chi connectivity index (χ2n) is 8.80. The van der Waals surface area contributed by atoms with Gasteiger partial charge in [-0.2, -0.15) is 0 Å². The Bertz CT molecular complexity index is 1190. The van der Waals surface area contributed by atoms with Gasteiger partial charge in [-0.05, 0) is 42.3 Å². The van der Waals surface area contributed by atoms with Crippen LogP contribution in [0.1, 0.15) is 24.1 Å². The molecule has 1 heterocycles. The molecule has 1 amide bonds. The number of nitrogens with zero attached hydrogens (tertiary/aromatic N) is 3. The molecule has 1 atom stereocenters. The summed E-state index contributed by atoms with van der Waals surface area (Å²) < 4.78 is 26.4. The van der Waals surface area contributed by atoms with Crippen LogP contribution < -0.4 is 4.31 Å². The summed E-state index contributed by atoms with van der Waals surface area (Å²) in [7, 11) is -3.68. The molecule has 4 rings (SSSR count). The number of hydrogen-bond acceptors (Lipinski definition) is 4. The number of carbonyl (C=O) groups is 1. The largest absolute Gasteiger partial charge is 0.338 e. The van der Waals surface area contributed by atoms with Crippen molar-refractivity contribution in [3.8, 4) is 0 Å². The van der Waals surface area contributed by atoms with Gasteiger partial charge in [0.2, 0.25) is 15.9 Å². The summed E-state index contributed by atoms with van der Waals surface area (Å²) in [5.74, 6) is -0.207. The molecular weight excluding hydrogens is 482 g/mol. The lowest BCUT2D eigenvalue weighted by molar-refractivity contribution is -0.134. The van der Waals surface area contributed by atoms with E-state index in [1.807, 2.05) is 36.4 Å². The predicted octanol–water partition coefficient (Wildman–Crippen LogP) is 4.43. The van der Waals surface area contributed by atoms with E-state index in [-0.39, 0.29) is 11.9 Å². The summed E-state index contributed by atoms with van der Waals surface area (Å²) in [6, 6.07) is 26.4. The number of benzene rings is 3. The first-order chi connectivity index (χ1) is 16.8. The van der Waals surface area contributed by atoms with Crippen molar-refractivity contribution in [1.82, 2.24) is 9.80 Å². The molecule has 1 aliphatic rings. The molecule has 0 aromatic heterocycles. The Morgan fingerprint density at radius 1 is 0.829 bits per heavy atom. The Morgan fingerprint density at radius 2 is 1.31 bits per heavy atom. The third-order valence-corrected chi connectivity index (χ3v) is 7.86. The van der Waals surface area contributed by atoms with Crippen LogP contribution in [0.4, 0.5) is 5.69 Å². The van der Waals surface area contributed by atoms with E-state index >= 15 is 0 Å². The Labute approximate surface area is 212 Å². The lowest BCUT2D eigenvalue weighted by Crippen LogP contribution is -2.55. The first-order valence-corrected chi connectivity index (χ1v) is 13.9. The zero-order valence-corrected chi connectivity index (χ0v) is 21.5. The molecule has 6 nitrogen and oxygen atoms in total. The number of amides is 1. The SMILES string of the molecule is C[C@@H](C(=O)N1CCN(C(c2ccccc2)c2ccccc2)CC1)N(c1ccc(Cl)cc1)S(C)(=O)=O. The van der Waals surface area contributed by atoms with Gasteiger partial charge in [-0.3, -0.25) is 14.0 Å². The molecule has 35 heavy (non-hydrogen) atoms. The molecule has 1 aliphatic heterocycles. The summed E-state index contributed by atoms with van der Waals surface area (Å²) in [6.07, 6.45) is 1.12. The van der Waals surface area contributed by atoms with Gasteiger partial charge in [0.25, 0.3) is 0 Å². The maximum Gasteiger partial charge on any atom is 0.246 e. The fraction of sp³-hybridized carbons (Fsp3) is 0.296. The number of sulfonamides is 1. The van der Waals surface area contributed by atoms with Gasteiger partial charge in [-0.25, -0.2) is 8.42 Å². The minimum absolute atomic E-state index is 0.0914. The van der Waals surface area contributed by atoms with Crippen LogP contribution in [0, 0.1) is 0 Å². The van der Waals surface area contributed by atoms with Gasteiger partial charge >= 0.3 is 0 Å². The first-order valence-electron chi connectivity index (χ1n) is 11.6. The van der Waals surface area contributed by atoms with Gasteiger partial charge in [-0.15, -0.1) is 0 Å². The van der Waals surface area contributed by atoms with Crippen LogP contribution in [-0.2, 0) is 14.8 Å². The van der Waals surface area contributed by atoms with Crippen LogP contribution in [-0.4, -0.2) is 62.6 Å². The lowest BCUT2D eigenvalue weighted by Gasteiger charge is -2.41. The highest BCUT2D eigenvalue weighted by molar-refractivity contribution is 7.92. The van der Waals surface area contributed by atoms with Gasteiger partial charge in [0.05, 0.1) is 18.0 Å². The first kappa shape index (κ1) is 25.2. The van der Waals surface area contributed by atoms with Crippen LogP contribution in [0.3, 0.4) is 0 Å². The third-order valence-electron chi connectivity index (χ3n) is 6.37. The van der Waals surface area contributed by atoms with E-state index in [1.165, 1.54) is 15.4 Å². The molecule has 0 radical (unpaired) electrons. The molecule has 0 spiro atoms. The van der Waals surface area contributed by atoms with Gasteiger partial charge in [-0.1, -0.05) is 72.3 Å². The highest BCUT2D eigenvalue weighted by Gasteiger charge is 2.34. The zero-order valence-electron chi connectivity index (χ0n) is 19.9. The number of piperazine rings is 1. The minimum atomic E-state index is -3.68. The van der Waals surface area contributed by atoms with Gasteiger partial charge in [0, 0.05) is 31.2 Å². The Kier molecular flexibility index (Phi) is 7.79. The Morgan fingerprint density at radius 3 is 1.77 bits per heavy atom. The number of carbonyl (C=O) groups excluding carboxylic acids is 1. The van der Waals surface area contributed by atoms with Gasteiger partial charge < -0.3 is 4.90 Å². The Balaban J connectivity index is 1.51. The van der Waals surface area contributed by atoms with Crippen molar-refractivity contribution in [2.24, 2.45) is 0 Å². The summed E-state index contributed by atoms with van der Waals surface area (Å²) in [5, 5.41) is 0.503. The monoisotopic (exact) mass is 511 g/mol. The quantitative estimate of drug-likeness (QED) is 0.471. The van der Waals surface area contributed by atoms with Crippen molar-refractivity contribution >= 4 is 33.2 Å². The third kappa shape index (κ3) is 5.86. The molecule has 1 saturated heterocycles. The minimum Gasteiger partial charge on any atom is -0.338 e. The standard InChI is InChI=1S/C27H30ClN3O3S/c1-21(31(35(2,33)34)25-15-13-24(28)14-16-25)27(32)30-19-17-29(18-20-30)26(22-9-5-3-6-10-22)23-11-7-4-8-12-23/h3-16,21,26H,17-20H2,1-2H3/t21-/m0/s1. The van der Waals surface area contributed by atoms with Crippen molar-refractivity contribution < 1.29 is 13.2 Å². The zero-order chi connectivity index (χ0) is 25.0. The van der Waals surface area contributed by atoms with Crippen molar-refractivity contribution in [2.45, 2.75) is 19.0 Å². The summed E-state index contributed by atoms with van der Waals surface area (Å²) in [6.45, 7) is 4.07. The number of rotatable bonds is 7. The van der Waals surface area contributed by atoms with E-state index < -0.39 is 16.1 Å². The van der Waals surface area contributed by atoms with E-state index in [0.717, 1.165) is 6.26 Å².